The molecule has 0 saturated carbocycles. The van der Waals surface area contributed by atoms with Crippen molar-refractivity contribution in [2.75, 3.05) is 15.4 Å². The molecule has 7 nitrogen and oxygen atoms in total. The number of anilines is 3. The molecule has 0 spiro atoms. The topological polar surface area (TPSA) is 100 Å². The van der Waals surface area contributed by atoms with E-state index in [1.54, 1.807) is 48.5 Å². The smallest absolute Gasteiger partial charge is 0.308 e. The summed E-state index contributed by atoms with van der Waals surface area (Å²) in [6, 6.07) is 22.0. The largest absolute Gasteiger partial charge is 0.323 e. The minimum Gasteiger partial charge on any atom is -0.308 e. The number of aromatic nitrogens is 1. The highest BCUT2D eigenvalue weighted by molar-refractivity contribution is 7.93. The van der Waals surface area contributed by atoms with Crippen molar-refractivity contribution in [3.8, 4) is 0 Å². The molecule has 4 rings (SSSR count). The molecule has 4 aromatic rings. The number of hydrogen-bond acceptors (Lipinski definition) is 5. The normalized spacial score (nSPS) is 11.2. The third-order valence-corrected chi connectivity index (χ3v) is 6.39. The van der Waals surface area contributed by atoms with Crippen LogP contribution in [0.3, 0.4) is 0 Å². The van der Waals surface area contributed by atoms with Gasteiger partial charge in [-0.25, -0.2) is 18.2 Å². The van der Waals surface area contributed by atoms with Gasteiger partial charge in [0.1, 0.15) is 0 Å². The van der Waals surface area contributed by atoms with Crippen molar-refractivity contribution < 1.29 is 13.2 Å². The molecular weight excluding hydrogens is 408 g/mol. The number of rotatable bonds is 5. The zero-order valence-corrected chi connectivity index (χ0v) is 16.6. The average molecular weight is 425 g/mol. The fourth-order valence-corrected chi connectivity index (χ4v) is 4.74. The van der Waals surface area contributed by atoms with E-state index in [-0.39, 0.29) is 16.1 Å². The lowest BCUT2D eigenvalue weighted by molar-refractivity contribution is 0.262. The van der Waals surface area contributed by atoms with E-state index in [0.29, 0.717) is 16.9 Å². The molecule has 3 aromatic carbocycles. The van der Waals surface area contributed by atoms with Gasteiger partial charge in [0.05, 0.1) is 15.1 Å². The van der Waals surface area contributed by atoms with Gasteiger partial charge < -0.3 is 10.6 Å². The molecule has 9 heteroatoms. The second kappa shape index (κ2) is 7.90. The van der Waals surface area contributed by atoms with Gasteiger partial charge in [-0.2, -0.15) is 0 Å². The maximum atomic E-state index is 12.5. The number of nitrogens with one attached hydrogen (secondary N) is 3. The lowest BCUT2D eigenvalue weighted by Crippen LogP contribution is -2.19. The highest BCUT2D eigenvalue weighted by Gasteiger charge is 2.16. The first-order valence-electron chi connectivity index (χ1n) is 8.61. The van der Waals surface area contributed by atoms with Crippen LogP contribution in [0.4, 0.5) is 21.3 Å². The minimum atomic E-state index is -3.71. The Bertz CT molecular complexity index is 1260. The summed E-state index contributed by atoms with van der Waals surface area (Å²) in [4.78, 5) is 16.6. The number of fused-ring (bicyclic) bond motifs is 1. The third kappa shape index (κ3) is 4.53. The molecule has 0 aliphatic rings. The van der Waals surface area contributed by atoms with Gasteiger partial charge in [-0.15, -0.1) is 0 Å². The predicted octanol–water partition coefficient (Wildman–Crippen LogP) is 4.74. The first-order valence-corrected chi connectivity index (χ1v) is 10.9. The fourth-order valence-electron chi connectivity index (χ4n) is 2.64. The van der Waals surface area contributed by atoms with Gasteiger partial charge in [-0.3, -0.25) is 4.72 Å². The van der Waals surface area contributed by atoms with Crippen molar-refractivity contribution in [3.63, 3.8) is 0 Å². The Morgan fingerprint density at radius 1 is 0.828 bits per heavy atom. The number of sulfonamides is 1. The standard InChI is InChI=1S/C20H16N4O3S2/c25-19(21-14-7-3-1-4-8-14)22-15-11-12-18-17(13-15)23-20(28-18)24-29(26,27)16-9-5-2-6-10-16/h1-13H,(H,23,24)(H2,21,22,25). The van der Waals surface area contributed by atoms with Gasteiger partial charge >= 0.3 is 6.03 Å². The highest BCUT2D eigenvalue weighted by Crippen LogP contribution is 2.29. The van der Waals surface area contributed by atoms with E-state index in [2.05, 4.69) is 20.3 Å². The Kier molecular flexibility index (Phi) is 5.15. The summed E-state index contributed by atoms with van der Waals surface area (Å²) in [7, 11) is -3.71. The van der Waals surface area contributed by atoms with Crippen molar-refractivity contribution in [2.45, 2.75) is 4.90 Å². The van der Waals surface area contributed by atoms with E-state index in [0.717, 1.165) is 4.70 Å². The maximum absolute atomic E-state index is 12.5. The van der Waals surface area contributed by atoms with Crippen LogP contribution in [0.15, 0.2) is 83.8 Å². The molecule has 0 unspecified atom stereocenters. The molecule has 3 N–H and O–H groups in total. The van der Waals surface area contributed by atoms with Crippen LogP contribution >= 0.6 is 11.3 Å². The van der Waals surface area contributed by atoms with Crippen LogP contribution in [-0.4, -0.2) is 19.4 Å². The van der Waals surface area contributed by atoms with Crippen LogP contribution in [0.2, 0.25) is 0 Å². The van der Waals surface area contributed by atoms with Crippen LogP contribution in [0.5, 0.6) is 0 Å². The lowest BCUT2D eigenvalue weighted by Gasteiger charge is -2.07. The SMILES string of the molecule is O=C(Nc1ccccc1)Nc1ccc2sc(NS(=O)(=O)c3ccccc3)nc2c1. The molecule has 0 fully saturated rings. The monoisotopic (exact) mass is 424 g/mol. The summed E-state index contributed by atoms with van der Waals surface area (Å²) in [5.41, 5.74) is 1.81. The van der Waals surface area contributed by atoms with E-state index >= 15 is 0 Å². The molecule has 0 bridgehead atoms. The van der Waals surface area contributed by atoms with E-state index in [9.17, 15) is 13.2 Å². The van der Waals surface area contributed by atoms with Gasteiger partial charge in [0.25, 0.3) is 10.0 Å². The first-order chi connectivity index (χ1) is 14.0. The third-order valence-electron chi connectivity index (χ3n) is 3.95. The molecule has 0 atom stereocenters. The summed E-state index contributed by atoms with van der Waals surface area (Å²) in [6.45, 7) is 0. The lowest BCUT2D eigenvalue weighted by atomic mass is 10.3. The Hall–Kier alpha value is -3.43. The number of hydrogen-bond donors (Lipinski definition) is 3. The summed E-state index contributed by atoms with van der Waals surface area (Å²) in [5.74, 6) is 0. The Labute approximate surface area is 171 Å². The van der Waals surface area contributed by atoms with Crippen molar-refractivity contribution in [2.24, 2.45) is 0 Å². The quantitative estimate of drug-likeness (QED) is 0.431. The highest BCUT2D eigenvalue weighted by atomic mass is 32.2. The Morgan fingerprint density at radius 2 is 1.48 bits per heavy atom. The molecule has 2 amide bonds. The van der Waals surface area contributed by atoms with Crippen LogP contribution in [-0.2, 0) is 10.0 Å². The van der Waals surface area contributed by atoms with Crippen molar-refractivity contribution in [1.29, 1.82) is 0 Å². The molecule has 146 valence electrons. The molecule has 0 aliphatic carbocycles. The predicted molar refractivity (Wildman–Crippen MR) is 116 cm³/mol. The first kappa shape index (κ1) is 18.9. The van der Waals surface area contributed by atoms with E-state index in [4.69, 9.17) is 0 Å². The molecule has 29 heavy (non-hydrogen) atoms. The van der Waals surface area contributed by atoms with Crippen LogP contribution in [0, 0.1) is 0 Å². The van der Waals surface area contributed by atoms with Crippen LogP contribution < -0.4 is 15.4 Å². The van der Waals surface area contributed by atoms with Gasteiger partial charge in [-0.05, 0) is 42.5 Å². The number of nitrogens with zero attached hydrogens (tertiary/aromatic N) is 1. The van der Waals surface area contributed by atoms with Gasteiger partial charge in [0.2, 0.25) is 0 Å². The molecular formula is C20H16N4O3S2. The number of urea groups is 1. The zero-order chi connectivity index (χ0) is 20.3. The Balaban J connectivity index is 1.50. The summed E-state index contributed by atoms with van der Waals surface area (Å²) < 4.78 is 28.2. The fraction of sp³-hybridized carbons (Fsp3) is 0. The summed E-state index contributed by atoms with van der Waals surface area (Å²) in [5, 5.41) is 5.73. The summed E-state index contributed by atoms with van der Waals surface area (Å²) >= 11 is 1.22. The van der Waals surface area contributed by atoms with Crippen molar-refractivity contribution in [1.82, 2.24) is 4.98 Å². The minimum absolute atomic E-state index is 0.166. The number of benzene rings is 3. The molecule has 1 aromatic heterocycles. The van der Waals surface area contributed by atoms with Crippen LogP contribution in [0.25, 0.3) is 10.2 Å². The molecule has 0 radical (unpaired) electrons. The number of para-hydroxylation sites is 1. The van der Waals surface area contributed by atoms with Crippen molar-refractivity contribution >= 4 is 54.1 Å². The van der Waals surface area contributed by atoms with E-state index in [1.165, 1.54) is 23.5 Å². The number of thiazole rings is 1. The number of carbonyl (C=O) groups excluding carboxylic acids is 1. The van der Waals surface area contributed by atoms with Crippen molar-refractivity contribution in [3.05, 3.63) is 78.9 Å². The zero-order valence-electron chi connectivity index (χ0n) is 15.0. The van der Waals surface area contributed by atoms with E-state index in [1.807, 2.05) is 18.2 Å². The molecule has 0 saturated heterocycles. The maximum Gasteiger partial charge on any atom is 0.323 e. The Morgan fingerprint density at radius 3 is 2.21 bits per heavy atom. The van der Waals surface area contributed by atoms with E-state index < -0.39 is 10.0 Å². The molecule has 0 aliphatic heterocycles. The average Bonchev–Trinajstić information content (AvgIpc) is 3.10. The number of carbonyl (C=O) groups is 1. The number of amides is 2. The van der Waals surface area contributed by atoms with Gasteiger partial charge in [-0.1, -0.05) is 47.7 Å². The summed E-state index contributed by atoms with van der Waals surface area (Å²) in [6.07, 6.45) is 0. The second-order valence-electron chi connectivity index (χ2n) is 6.07. The molecule has 1 heterocycles. The van der Waals surface area contributed by atoms with Gasteiger partial charge in [0, 0.05) is 11.4 Å². The van der Waals surface area contributed by atoms with Gasteiger partial charge in [0.15, 0.2) is 5.13 Å². The van der Waals surface area contributed by atoms with Crippen LogP contribution in [0.1, 0.15) is 0 Å². The second-order valence-corrected chi connectivity index (χ2v) is 8.78.